The minimum Gasteiger partial charge on any atom is -0.367 e. The maximum atomic E-state index is 12.1. The van der Waals surface area contributed by atoms with Gasteiger partial charge in [0.25, 0.3) is 5.91 Å². The van der Waals surface area contributed by atoms with Crippen LogP contribution in [0, 0.1) is 0 Å². The lowest BCUT2D eigenvalue weighted by atomic mass is 10.1. The molecular formula is C17H20N4O3S. The van der Waals surface area contributed by atoms with E-state index in [4.69, 9.17) is 5.14 Å². The largest absolute Gasteiger partial charge is 0.367 e. The van der Waals surface area contributed by atoms with Gasteiger partial charge in [0.15, 0.2) is 0 Å². The Morgan fingerprint density at radius 1 is 1.16 bits per heavy atom. The molecule has 1 aromatic carbocycles. The Morgan fingerprint density at radius 2 is 1.88 bits per heavy atom. The predicted molar refractivity (Wildman–Crippen MR) is 94.7 cm³/mol. The van der Waals surface area contributed by atoms with Crippen LogP contribution in [-0.4, -0.2) is 31.9 Å². The molecule has 4 N–H and O–H groups in total. The summed E-state index contributed by atoms with van der Waals surface area (Å²) in [6.45, 7) is 0.440. The van der Waals surface area contributed by atoms with E-state index in [1.807, 2.05) is 0 Å². The molecule has 0 atom stereocenters. The number of pyridine rings is 1. The number of aromatic nitrogens is 1. The summed E-state index contributed by atoms with van der Waals surface area (Å²) in [5.74, 6) is 0.598. The molecular weight excluding hydrogens is 340 g/mol. The van der Waals surface area contributed by atoms with Crippen LogP contribution in [0.5, 0.6) is 0 Å². The second-order valence-corrected chi connectivity index (χ2v) is 7.61. The van der Waals surface area contributed by atoms with Crippen molar-refractivity contribution in [3.8, 4) is 0 Å². The van der Waals surface area contributed by atoms with Crippen molar-refractivity contribution in [3.05, 3.63) is 53.7 Å². The van der Waals surface area contributed by atoms with Crippen LogP contribution in [0.25, 0.3) is 0 Å². The first-order valence-corrected chi connectivity index (χ1v) is 9.59. The smallest absolute Gasteiger partial charge is 0.252 e. The first kappa shape index (κ1) is 17.4. The summed E-state index contributed by atoms with van der Waals surface area (Å²) < 4.78 is 22.4. The molecule has 3 rings (SSSR count). The first-order valence-electron chi connectivity index (χ1n) is 8.04. The number of hydrogen-bond acceptors (Lipinski definition) is 5. The van der Waals surface area contributed by atoms with Gasteiger partial charge in [-0.3, -0.25) is 4.79 Å². The summed E-state index contributed by atoms with van der Waals surface area (Å²) in [7, 11) is -3.68. The molecule has 1 aliphatic carbocycles. The second kappa shape index (κ2) is 7.20. The maximum absolute atomic E-state index is 12.1. The minimum atomic E-state index is -3.68. The van der Waals surface area contributed by atoms with Crippen molar-refractivity contribution in [1.29, 1.82) is 0 Å². The first-order chi connectivity index (χ1) is 11.9. The van der Waals surface area contributed by atoms with Crippen molar-refractivity contribution in [2.45, 2.75) is 30.2 Å². The Morgan fingerprint density at radius 3 is 2.44 bits per heavy atom. The summed E-state index contributed by atoms with van der Waals surface area (Å²) in [5.41, 5.74) is 1.42. The molecule has 1 amide bonds. The average Bonchev–Trinajstić information content (AvgIpc) is 3.39. The number of amides is 1. The zero-order valence-electron chi connectivity index (χ0n) is 13.6. The monoisotopic (exact) mass is 360 g/mol. The number of nitrogens with two attached hydrogens (primary N) is 1. The van der Waals surface area contributed by atoms with Crippen molar-refractivity contribution >= 4 is 21.7 Å². The van der Waals surface area contributed by atoms with Gasteiger partial charge in [-0.2, -0.15) is 0 Å². The summed E-state index contributed by atoms with van der Waals surface area (Å²) in [6.07, 6.45) is 4.48. The van der Waals surface area contributed by atoms with Crippen LogP contribution in [0.3, 0.4) is 0 Å². The van der Waals surface area contributed by atoms with Crippen LogP contribution in [0.4, 0.5) is 5.82 Å². The normalized spacial score (nSPS) is 14.1. The Labute approximate surface area is 146 Å². The van der Waals surface area contributed by atoms with Crippen LogP contribution >= 0.6 is 0 Å². The number of rotatable bonds is 7. The van der Waals surface area contributed by atoms with E-state index in [1.165, 1.54) is 25.0 Å². The summed E-state index contributed by atoms with van der Waals surface area (Å²) in [4.78, 5) is 16.4. The van der Waals surface area contributed by atoms with Gasteiger partial charge in [-0.1, -0.05) is 12.1 Å². The van der Waals surface area contributed by atoms with Crippen LogP contribution < -0.4 is 15.8 Å². The van der Waals surface area contributed by atoms with Crippen molar-refractivity contribution in [2.24, 2.45) is 5.14 Å². The molecule has 1 aromatic heterocycles. The molecule has 2 aromatic rings. The van der Waals surface area contributed by atoms with Crippen LogP contribution in [0.15, 0.2) is 47.5 Å². The second-order valence-electron chi connectivity index (χ2n) is 6.05. The number of primary sulfonamides is 1. The summed E-state index contributed by atoms with van der Waals surface area (Å²) in [5, 5.41) is 11.1. The van der Waals surface area contributed by atoms with Gasteiger partial charge >= 0.3 is 0 Å². The van der Waals surface area contributed by atoms with E-state index in [0.717, 1.165) is 11.4 Å². The third-order valence-electron chi connectivity index (χ3n) is 3.91. The topological polar surface area (TPSA) is 114 Å². The standard InChI is InChI=1S/C17H20N4O3S/c18-25(23,24)15-6-1-12(2-7-15)9-10-19-17(22)13-3-8-16(20-11-13)21-14-4-5-14/h1-3,6-8,11,14H,4-5,9-10H2,(H,19,22)(H,20,21)(H2,18,23,24). The molecule has 0 aliphatic heterocycles. The fourth-order valence-corrected chi connectivity index (χ4v) is 2.83. The number of carbonyl (C=O) groups is 1. The Balaban J connectivity index is 1.48. The SMILES string of the molecule is NS(=O)(=O)c1ccc(CCNC(=O)c2ccc(NC3CC3)nc2)cc1. The molecule has 0 unspecified atom stereocenters. The Bertz CT molecular complexity index is 844. The van der Waals surface area contributed by atoms with E-state index < -0.39 is 10.0 Å². The number of nitrogens with one attached hydrogen (secondary N) is 2. The molecule has 25 heavy (non-hydrogen) atoms. The molecule has 132 valence electrons. The van der Waals surface area contributed by atoms with E-state index in [2.05, 4.69) is 15.6 Å². The van der Waals surface area contributed by atoms with Gasteiger partial charge in [0.05, 0.1) is 10.5 Å². The molecule has 1 aliphatic rings. The van der Waals surface area contributed by atoms with Gasteiger partial charge in [0.1, 0.15) is 5.82 Å². The van der Waals surface area contributed by atoms with Gasteiger partial charge in [-0.05, 0) is 49.1 Å². The van der Waals surface area contributed by atoms with Crippen molar-refractivity contribution in [3.63, 3.8) is 0 Å². The predicted octanol–water partition coefficient (Wildman–Crippen LogP) is 1.28. The van der Waals surface area contributed by atoms with Gasteiger partial charge in [-0.25, -0.2) is 18.5 Å². The fraction of sp³-hybridized carbons (Fsp3) is 0.294. The highest BCUT2D eigenvalue weighted by Gasteiger charge is 2.21. The molecule has 0 radical (unpaired) electrons. The molecule has 7 nitrogen and oxygen atoms in total. The van der Waals surface area contributed by atoms with Gasteiger partial charge in [0, 0.05) is 18.8 Å². The number of anilines is 1. The zero-order chi connectivity index (χ0) is 17.9. The van der Waals surface area contributed by atoms with Crippen LogP contribution in [0.1, 0.15) is 28.8 Å². The average molecular weight is 360 g/mol. The Hall–Kier alpha value is -2.45. The van der Waals surface area contributed by atoms with E-state index in [9.17, 15) is 13.2 Å². The van der Waals surface area contributed by atoms with Gasteiger partial charge in [0.2, 0.25) is 10.0 Å². The van der Waals surface area contributed by atoms with Crippen molar-refractivity contribution in [1.82, 2.24) is 10.3 Å². The number of benzene rings is 1. The van der Waals surface area contributed by atoms with E-state index in [0.29, 0.717) is 24.6 Å². The quantitative estimate of drug-likeness (QED) is 0.688. The van der Waals surface area contributed by atoms with Gasteiger partial charge < -0.3 is 10.6 Å². The molecule has 0 spiro atoms. The third-order valence-corrected chi connectivity index (χ3v) is 4.84. The summed E-state index contributed by atoms with van der Waals surface area (Å²) in [6, 6.07) is 10.4. The number of hydrogen-bond donors (Lipinski definition) is 3. The lowest BCUT2D eigenvalue weighted by Crippen LogP contribution is -2.25. The van der Waals surface area contributed by atoms with Crippen molar-refractivity contribution < 1.29 is 13.2 Å². The molecule has 1 heterocycles. The zero-order valence-corrected chi connectivity index (χ0v) is 14.4. The molecule has 1 saturated carbocycles. The number of nitrogens with zero attached hydrogens (tertiary/aromatic N) is 1. The van der Waals surface area contributed by atoms with Crippen molar-refractivity contribution in [2.75, 3.05) is 11.9 Å². The molecule has 1 fully saturated rings. The van der Waals surface area contributed by atoms with E-state index in [-0.39, 0.29) is 10.8 Å². The van der Waals surface area contributed by atoms with E-state index in [1.54, 1.807) is 30.5 Å². The lowest BCUT2D eigenvalue weighted by Gasteiger charge is -2.07. The molecule has 8 heteroatoms. The van der Waals surface area contributed by atoms with Crippen LogP contribution in [0.2, 0.25) is 0 Å². The highest BCUT2D eigenvalue weighted by Crippen LogP contribution is 2.23. The highest BCUT2D eigenvalue weighted by atomic mass is 32.2. The molecule has 0 bridgehead atoms. The minimum absolute atomic E-state index is 0.0752. The van der Waals surface area contributed by atoms with E-state index >= 15 is 0 Å². The lowest BCUT2D eigenvalue weighted by molar-refractivity contribution is 0.0954. The number of carbonyl (C=O) groups excluding carboxylic acids is 1. The van der Waals surface area contributed by atoms with Crippen LogP contribution in [-0.2, 0) is 16.4 Å². The molecule has 0 saturated heterocycles. The Kier molecular flexibility index (Phi) is 5.00. The van der Waals surface area contributed by atoms with Gasteiger partial charge in [-0.15, -0.1) is 0 Å². The highest BCUT2D eigenvalue weighted by molar-refractivity contribution is 7.89. The fourth-order valence-electron chi connectivity index (χ4n) is 2.32. The number of sulfonamides is 1. The maximum Gasteiger partial charge on any atom is 0.252 e. The summed E-state index contributed by atoms with van der Waals surface area (Å²) >= 11 is 0. The third kappa shape index (κ3) is 5.01.